The van der Waals surface area contributed by atoms with Crippen molar-refractivity contribution >= 4 is 29.1 Å². The normalized spacial score (nSPS) is 12.0. The summed E-state index contributed by atoms with van der Waals surface area (Å²) in [6, 6.07) is 14.4. The van der Waals surface area contributed by atoms with E-state index in [2.05, 4.69) is 53.6 Å². The molecule has 1 heterocycles. The van der Waals surface area contributed by atoms with Crippen molar-refractivity contribution in [3.8, 4) is 11.4 Å². The van der Waals surface area contributed by atoms with Crippen molar-refractivity contribution in [2.75, 3.05) is 5.75 Å². The number of carbonyl (C=O) groups is 1. The maximum atomic E-state index is 12.3. The second kappa shape index (κ2) is 10.6. The Morgan fingerprint density at radius 1 is 1.18 bits per heavy atom. The number of non-ortho nitro benzene ring substituents is 1. The summed E-state index contributed by atoms with van der Waals surface area (Å²) in [5.41, 5.74) is 5.78. The van der Waals surface area contributed by atoms with Crippen LogP contribution in [0.2, 0.25) is 0 Å². The van der Waals surface area contributed by atoms with Crippen LogP contribution in [0.15, 0.2) is 58.8 Å². The van der Waals surface area contributed by atoms with E-state index in [4.69, 9.17) is 0 Å². The van der Waals surface area contributed by atoms with Crippen molar-refractivity contribution in [2.45, 2.75) is 51.7 Å². The zero-order valence-electron chi connectivity index (χ0n) is 19.9. The number of nitro benzene ring substituents is 1. The van der Waals surface area contributed by atoms with Gasteiger partial charge in [0.25, 0.3) is 11.6 Å². The first-order valence-electron chi connectivity index (χ1n) is 10.8. The summed E-state index contributed by atoms with van der Waals surface area (Å²) in [7, 11) is 0. The summed E-state index contributed by atoms with van der Waals surface area (Å²) in [6.07, 6.45) is 0. The molecule has 178 valence electrons. The molecular formula is C24H28N6O3S. The zero-order chi connectivity index (χ0) is 24.9. The molecule has 0 atom stereocenters. The Hall–Kier alpha value is -3.53. The number of hydrogen-bond donors (Lipinski definition) is 1. The molecule has 10 heteroatoms. The van der Waals surface area contributed by atoms with Crippen molar-refractivity contribution in [3.63, 3.8) is 0 Å². The summed E-state index contributed by atoms with van der Waals surface area (Å²) in [5.74, 6) is 0.550. The van der Waals surface area contributed by atoms with E-state index in [1.165, 1.54) is 29.5 Å². The van der Waals surface area contributed by atoms with Gasteiger partial charge in [0.1, 0.15) is 0 Å². The number of nitro groups is 1. The summed E-state index contributed by atoms with van der Waals surface area (Å²) in [4.78, 5) is 22.8. The summed E-state index contributed by atoms with van der Waals surface area (Å²) >= 11 is 1.28. The van der Waals surface area contributed by atoms with E-state index in [9.17, 15) is 14.9 Å². The number of aromatic nitrogens is 3. The number of hydrogen-bond acceptors (Lipinski definition) is 7. The van der Waals surface area contributed by atoms with Gasteiger partial charge in [-0.2, -0.15) is 5.10 Å². The molecule has 0 spiro atoms. The summed E-state index contributed by atoms with van der Waals surface area (Å²) in [6.45, 7) is 10.9. The minimum absolute atomic E-state index is 0.0308. The van der Waals surface area contributed by atoms with Crippen LogP contribution in [0.3, 0.4) is 0 Å². The lowest BCUT2D eigenvalue weighted by molar-refractivity contribution is -0.384. The standard InChI is InChI=1S/C24H28N6O3S/c1-6-29-22(17-10-12-19(13-11-17)24(3,4)5)27-28-23(29)34-15-21(31)26-25-16(2)18-8-7-9-20(14-18)30(32)33/h7-14H,6,15H2,1-5H3,(H,26,31). The molecule has 0 unspecified atom stereocenters. The third kappa shape index (κ3) is 6.07. The molecule has 0 bridgehead atoms. The quantitative estimate of drug-likeness (QED) is 0.214. The SMILES string of the molecule is CCn1c(SCC(=O)NN=C(C)c2cccc([N+](=O)[O-])c2)nnc1-c1ccc(C(C)(C)C)cc1. The van der Waals surface area contributed by atoms with Gasteiger partial charge in [0.2, 0.25) is 0 Å². The van der Waals surface area contributed by atoms with E-state index in [1.807, 2.05) is 23.6 Å². The molecule has 0 aliphatic heterocycles. The van der Waals surface area contributed by atoms with Gasteiger partial charge in [-0.3, -0.25) is 14.9 Å². The summed E-state index contributed by atoms with van der Waals surface area (Å²) in [5, 5.41) is 24.3. The lowest BCUT2D eigenvalue weighted by Crippen LogP contribution is -2.21. The smallest absolute Gasteiger partial charge is 0.270 e. The van der Waals surface area contributed by atoms with Gasteiger partial charge in [0, 0.05) is 29.8 Å². The predicted octanol–water partition coefficient (Wildman–Crippen LogP) is 4.80. The molecule has 3 rings (SSSR count). The third-order valence-electron chi connectivity index (χ3n) is 5.20. The number of amides is 1. The number of nitrogens with zero attached hydrogens (tertiary/aromatic N) is 5. The number of hydrazone groups is 1. The van der Waals surface area contributed by atoms with Crippen molar-refractivity contribution in [1.82, 2.24) is 20.2 Å². The molecule has 0 saturated heterocycles. The fourth-order valence-electron chi connectivity index (χ4n) is 3.23. The number of nitrogens with one attached hydrogen (secondary N) is 1. The molecule has 1 N–H and O–H groups in total. The fraction of sp³-hybridized carbons (Fsp3) is 0.333. The first kappa shape index (κ1) is 25.1. The van der Waals surface area contributed by atoms with Crippen LogP contribution in [0.25, 0.3) is 11.4 Å². The third-order valence-corrected chi connectivity index (χ3v) is 6.16. The van der Waals surface area contributed by atoms with Crippen molar-refractivity contribution in [1.29, 1.82) is 0 Å². The molecule has 1 amide bonds. The average Bonchev–Trinajstić information content (AvgIpc) is 3.23. The lowest BCUT2D eigenvalue weighted by Gasteiger charge is -2.19. The Labute approximate surface area is 202 Å². The van der Waals surface area contributed by atoms with Crippen LogP contribution in [0, 0.1) is 10.1 Å². The number of carbonyl (C=O) groups excluding carboxylic acids is 1. The number of benzene rings is 2. The molecule has 3 aromatic rings. The Balaban J connectivity index is 1.65. The van der Waals surface area contributed by atoms with Gasteiger partial charge >= 0.3 is 0 Å². The highest BCUT2D eigenvalue weighted by atomic mass is 32.2. The van der Waals surface area contributed by atoms with E-state index in [1.54, 1.807) is 19.1 Å². The van der Waals surface area contributed by atoms with E-state index >= 15 is 0 Å². The second-order valence-electron chi connectivity index (χ2n) is 8.71. The Morgan fingerprint density at radius 3 is 2.50 bits per heavy atom. The van der Waals surface area contributed by atoms with E-state index < -0.39 is 4.92 Å². The van der Waals surface area contributed by atoms with E-state index in [0.717, 1.165) is 11.4 Å². The van der Waals surface area contributed by atoms with Gasteiger partial charge in [-0.15, -0.1) is 10.2 Å². The lowest BCUT2D eigenvalue weighted by atomic mass is 9.87. The minimum Gasteiger partial charge on any atom is -0.302 e. The number of thioether (sulfide) groups is 1. The van der Waals surface area contributed by atoms with Gasteiger partial charge in [0.05, 0.1) is 16.4 Å². The molecule has 0 aliphatic carbocycles. The largest absolute Gasteiger partial charge is 0.302 e. The molecule has 0 radical (unpaired) electrons. The van der Waals surface area contributed by atoms with Crippen LogP contribution in [-0.4, -0.2) is 37.1 Å². The van der Waals surface area contributed by atoms with Crippen LogP contribution in [0.5, 0.6) is 0 Å². The van der Waals surface area contributed by atoms with Gasteiger partial charge in [-0.25, -0.2) is 5.43 Å². The van der Waals surface area contributed by atoms with Crippen LogP contribution in [0.1, 0.15) is 45.7 Å². The highest BCUT2D eigenvalue weighted by Crippen LogP contribution is 2.27. The molecule has 9 nitrogen and oxygen atoms in total. The Morgan fingerprint density at radius 2 is 1.88 bits per heavy atom. The topological polar surface area (TPSA) is 115 Å². The molecule has 2 aromatic carbocycles. The Bertz CT molecular complexity index is 1210. The second-order valence-corrected chi connectivity index (χ2v) is 9.65. The highest BCUT2D eigenvalue weighted by molar-refractivity contribution is 7.99. The molecule has 0 saturated carbocycles. The predicted molar refractivity (Wildman–Crippen MR) is 134 cm³/mol. The average molecular weight is 481 g/mol. The van der Waals surface area contributed by atoms with Crippen molar-refractivity contribution in [3.05, 3.63) is 69.8 Å². The molecular weight excluding hydrogens is 452 g/mol. The van der Waals surface area contributed by atoms with Crippen molar-refractivity contribution in [2.24, 2.45) is 5.10 Å². The molecule has 0 fully saturated rings. The zero-order valence-corrected chi connectivity index (χ0v) is 20.7. The molecule has 0 aliphatic rings. The van der Waals surface area contributed by atoms with Gasteiger partial charge in [-0.05, 0) is 24.8 Å². The summed E-state index contributed by atoms with van der Waals surface area (Å²) < 4.78 is 1.97. The van der Waals surface area contributed by atoms with Crippen LogP contribution < -0.4 is 5.43 Å². The molecule has 1 aromatic heterocycles. The van der Waals surface area contributed by atoms with Crippen LogP contribution >= 0.6 is 11.8 Å². The fourth-order valence-corrected chi connectivity index (χ4v) is 4.03. The van der Waals surface area contributed by atoms with Gasteiger partial charge in [0.15, 0.2) is 11.0 Å². The van der Waals surface area contributed by atoms with Crippen LogP contribution in [-0.2, 0) is 16.8 Å². The molecule has 34 heavy (non-hydrogen) atoms. The minimum atomic E-state index is -0.469. The van der Waals surface area contributed by atoms with Crippen molar-refractivity contribution < 1.29 is 9.72 Å². The van der Waals surface area contributed by atoms with E-state index in [-0.39, 0.29) is 22.8 Å². The first-order chi connectivity index (χ1) is 16.1. The van der Waals surface area contributed by atoms with Gasteiger partial charge < -0.3 is 4.57 Å². The monoisotopic (exact) mass is 480 g/mol. The highest BCUT2D eigenvalue weighted by Gasteiger charge is 2.17. The maximum absolute atomic E-state index is 12.3. The van der Waals surface area contributed by atoms with Gasteiger partial charge in [-0.1, -0.05) is 68.9 Å². The van der Waals surface area contributed by atoms with E-state index in [0.29, 0.717) is 23.0 Å². The maximum Gasteiger partial charge on any atom is 0.270 e. The first-order valence-corrected chi connectivity index (χ1v) is 11.8. The Kier molecular flexibility index (Phi) is 7.83. The van der Waals surface area contributed by atoms with Crippen LogP contribution in [0.4, 0.5) is 5.69 Å². The number of rotatable bonds is 8.